The molecule has 0 saturated carbocycles. The van der Waals surface area contributed by atoms with E-state index in [2.05, 4.69) is 88.2 Å². The van der Waals surface area contributed by atoms with Gasteiger partial charge in [-0.3, -0.25) is 0 Å². The predicted octanol–water partition coefficient (Wildman–Crippen LogP) is 10.2. The Hall–Kier alpha value is -4.72. The number of hydrogen-bond donors (Lipinski definition) is 2. The maximum Gasteiger partial charge on any atom is 0.154 e. The molecule has 0 amide bonds. The Morgan fingerprint density at radius 3 is 2.39 bits per heavy atom. The van der Waals surface area contributed by atoms with Crippen LogP contribution in [0.15, 0.2) is 118 Å². The molecule has 2 N–H and O–H groups in total. The molecule has 1 unspecified atom stereocenters. The summed E-state index contributed by atoms with van der Waals surface area (Å²) in [6.07, 6.45) is 13.3. The maximum atomic E-state index is 14.2. The summed E-state index contributed by atoms with van der Waals surface area (Å²) in [6.45, 7) is 17.8. The molecule has 2 aromatic heterocycles. The Morgan fingerprint density at radius 1 is 1.04 bits per heavy atom. The number of allylic oxidation sites excluding steroid dienone is 2. The number of aromatic nitrogens is 3. The van der Waals surface area contributed by atoms with Gasteiger partial charge in [0.15, 0.2) is 5.82 Å². The first-order valence-electron chi connectivity index (χ1n) is 15.3. The van der Waals surface area contributed by atoms with Crippen molar-refractivity contribution < 1.29 is 4.39 Å². The molecule has 1 aliphatic rings. The fraction of sp³-hybridized carbons (Fsp3) is 0.211. The first-order chi connectivity index (χ1) is 22.2. The van der Waals surface area contributed by atoms with E-state index in [1.807, 2.05) is 25.1 Å². The smallest absolute Gasteiger partial charge is 0.154 e. The summed E-state index contributed by atoms with van der Waals surface area (Å²) in [6, 6.07) is 19.4. The quantitative estimate of drug-likeness (QED) is 0.166. The number of hydrogen-bond acceptors (Lipinski definition) is 5. The van der Waals surface area contributed by atoms with Crippen LogP contribution in [0.5, 0.6) is 0 Å². The number of nitrogens with one attached hydrogen (secondary N) is 2. The summed E-state index contributed by atoms with van der Waals surface area (Å²) in [5, 5.41) is 7.78. The number of nitrogens with zero attached hydrogens (tertiary/aromatic N) is 4. The number of fused-ring (bicyclic) bond motifs is 1. The van der Waals surface area contributed by atoms with E-state index in [0.717, 1.165) is 35.1 Å². The van der Waals surface area contributed by atoms with Crippen molar-refractivity contribution in [2.45, 2.75) is 39.3 Å². The highest BCUT2D eigenvalue weighted by molar-refractivity contribution is 6.33. The molecule has 0 aliphatic carbocycles. The van der Waals surface area contributed by atoms with Gasteiger partial charge in [-0.05, 0) is 82.4 Å². The Balaban J connectivity index is 0.000000176. The van der Waals surface area contributed by atoms with E-state index in [-0.39, 0.29) is 5.82 Å². The van der Waals surface area contributed by atoms with Crippen molar-refractivity contribution in [1.82, 2.24) is 19.4 Å². The van der Waals surface area contributed by atoms with E-state index < -0.39 is 0 Å². The third-order valence-corrected chi connectivity index (χ3v) is 8.15. The van der Waals surface area contributed by atoms with Crippen LogP contribution in [0.2, 0.25) is 5.02 Å². The number of halogens is 2. The molecular formula is C38H42ClFN6. The molecule has 46 heavy (non-hydrogen) atoms. The lowest BCUT2D eigenvalue weighted by atomic mass is 10.0. The van der Waals surface area contributed by atoms with Gasteiger partial charge >= 0.3 is 0 Å². The normalized spacial score (nSPS) is 14.0. The van der Waals surface area contributed by atoms with Gasteiger partial charge < -0.3 is 20.1 Å². The SMILES string of the molecule is C=CCn1cc(C(=C)C)c2cc(Nc3cncnc3)ccc21.C=CNc1cccc(-c2ccccc2Cl)c1F.CC1CCCN1C. The largest absolute Gasteiger partial charge is 0.360 e. The first kappa shape index (κ1) is 34.2. The second kappa shape index (κ2) is 16.5. The van der Waals surface area contributed by atoms with Gasteiger partial charge in [-0.2, -0.15) is 0 Å². The summed E-state index contributed by atoms with van der Waals surface area (Å²) in [7, 11) is 2.19. The van der Waals surface area contributed by atoms with E-state index >= 15 is 0 Å². The average Bonchev–Trinajstić information content (AvgIpc) is 3.61. The molecule has 0 spiro atoms. The van der Waals surface area contributed by atoms with Crippen LogP contribution in [-0.2, 0) is 6.54 Å². The number of benzene rings is 3. The predicted molar refractivity (Wildman–Crippen MR) is 194 cm³/mol. The Bertz CT molecular complexity index is 1770. The second-order valence-electron chi connectivity index (χ2n) is 11.2. The van der Waals surface area contributed by atoms with Crippen LogP contribution in [0.4, 0.5) is 21.5 Å². The highest BCUT2D eigenvalue weighted by atomic mass is 35.5. The van der Waals surface area contributed by atoms with Crippen molar-refractivity contribution in [3.05, 3.63) is 134 Å². The summed E-state index contributed by atoms with van der Waals surface area (Å²) < 4.78 is 16.3. The van der Waals surface area contributed by atoms with Crippen molar-refractivity contribution in [3.8, 4) is 11.1 Å². The fourth-order valence-electron chi connectivity index (χ4n) is 5.25. The van der Waals surface area contributed by atoms with E-state index in [9.17, 15) is 4.39 Å². The number of rotatable bonds is 8. The number of likely N-dealkylation sites (tertiary alicyclic amines) is 1. The molecule has 3 heterocycles. The van der Waals surface area contributed by atoms with Crippen LogP contribution in [0.1, 0.15) is 32.3 Å². The van der Waals surface area contributed by atoms with Gasteiger partial charge in [-0.25, -0.2) is 14.4 Å². The molecule has 0 bridgehead atoms. The zero-order valence-electron chi connectivity index (χ0n) is 26.8. The van der Waals surface area contributed by atoms with E-state index in [1.165, 1.54) is 42.8 Å². The lowest BCUT2D eigenvalue weighted by Crippen LogP contribution is -2.20. The molecule has 0 radical (unpaired) electrons. The minimum atomic E-state index is -0.333. The van der Waals surface area contributed by atoms with E-state index in [4.69, 9.17) is 11.6 Å². The van der Waals surface area contributed by atoms with Gasteiger partial charge in [0.05, 0.1) is 23.8 Å². The molecule has 1 fully saturated rings. The molecule has 6 rings (SSSR count). The Kier molecular flexibility index (Phi) is 12.3. The molecule has 238 valence electrons. The molecule has 3 aromatic carbocycles. The molecular weight excluding hydrogens is 595 g/mol. The lowest BCUT2D eigenvalue weighted by molar-refractivity contribution is 0.331. The van der Waals surface area contributed by atoms with Crippen LogP contribution in [-0.4, -0.2) is 39.1 Å². The van der Waals surface area contributed by atoms with Crippen LogP contribution in [0.3, 0.4) is 0 Å². The highest BCUT2D eigenvalue weighted by Gasteiger charge is 2.14. The van der Waals surface area contributed by atoms with Gasteiger partial charge in [0.2, 0.25) is 0 Å². The van der Waals surface area contributed by atoms with Gasteiger partial charge in [0.1, 0.15) is 6.33 Å². The summed E-state index contributed by atoms with van der Waals surface area (Å²) >= 11 is 6.05. The minimum absolute atomic E-state index is 0.333. The Morgan fingerprint density at radius 2 is 1.78 bits per heavy atom. The molecule has 8 heteroatoms. The van der Waals surface area contributed by atoms with Crippen LogP contribution >= 0.6 is 11.6 Å². The topological polar surface area (TPSA) is 58.0 Å². The summed E-state index contributed by atoms with van der Waals surface area (Å²) in [4.78, 5) is 10.4. The summed E-state index contributed by atoms with van der Waals surface area (Å²) in [5.41, 5.74) is 6.79. The van der Waals surface area contributed by atoms with Gasteiger partial charge in [0, 0.05) is 57.1 Å². The third kappa shape index (κ3) is 8.71. The highest BCUT2D eigenvalue weighted by Crippen LogP contribution is 2.33. The minimum Gasteiger partial charge on any atom is -0.360 e. The van der Waals surface area contributed by atoms with Crippen molar-refractivity contribution in [2.24, 2.45) is 0 Å². The number of anilines is 3. The van der Waals surface area contributed by atoms with Gasteiger partial charge in [-0.15, -0.1) is 6.58 Å². The van der Waals surface area contributed by atoms with Crippen LogP contribution in [0.25, 0.3) is 27.6 Å². The van der Waals surface area contributed by atoms with Crippen molar-refractivity contribution in [1.29, 1.82) is 0 Å². The molecule has 1 aliphatic heterocycles. The molecule has 1 saturated heterocycles. The van der Waals surface area contributed by atoms with Crippen molar-refractivity contribution in [3.63, 3.8) is 0 Å². The second-order valence-corrected chi connectivity index (χ2v) is 11.6. The summed E-state index contributed by atoms with van der Waals surface area (Å²) in [5.74, 6) is -0.333. The average molecular weight is 637 g/mol. The standard InChI is InChI=1S/C18H18N4.C14H11ClFN.C6H13N/c1-4-7-22-11-17(13(2)3)16-8-14(5-6-18(16)22)21-15-9-19-12-20-10-15;1-2-17-13-9-5-7-11(14(13)16)10-6-3-4-8-12(10)15;1-6-4-3-5-7(6)2/h4-6,8-12,21H,1-2,7H2,3H3;2-9,17H,1H2;6H,3-5H2,1-2H3. The van der Waals surface area contributed by atoms with Crippen molar-refractivity contribution in [2.75, 3.05) is 24.2 Å². The zero-order chi connectivity index (χ0) is 33.1. The molecule has 1 atom stereocenters. The Labute approximate surface area is 277 Å². The van der Waals surface area contributed by atoms with E-state index in [1.54, 1.807) is 42.7 Å². The lowest BCUT2D eigenvalue weighted by Gasteiger charge is -2.12. The van der Waals surface area contributed by atoms with Gasteiger partial charge in [0.25, 0.3) is 0 Å². The fourth-order valence-corrected chi connectivity index (χ4v) is 5.49. The molecule has 5 aromatic rings. The van der Waals surface area contributed by atoms with Crippen LogP contribution in [0, 0.1) is 5.82 Å². The van der Waals surface area contributed by atoms with E-state index in [0.29, 0.717) is 21.8 Å². The maximum absolute atomic E-state index is 14.2. The molecule has 6 nitrogen and oxygen atoms in total. The van der Waals surface area contributed by atoms with Crippen molar-refractivity contribution >= 4 is 45.1 Å². The zero-order valence-corrected chi connectivity index (χ0v) is 27.6. The van der Waals surface area contributed by atoms with Gasteiger partial charge in [-0.1, -0.05) is 61.2 Å². The first-order valence-corrected chi connectivity index (χ1v) is 15.6. The third-order valence-electron chi connectivity index (χ3n) is 7.82. The van der Waals surface area contributed by atoms with Crippen LogP contribution < -0.4 is 10.6 Å². The monoisotopic (exact) mass is 636 g/mol.